The summed E-state index contributed by atoms with van der Waals surface area (Å²) in [4.78, 5) is 2.28. The number of aryl methyl sites for hydroxylation is 2. The summed E-state index contributed by atoms with van der Waals surface area (Å²) in [5.74, 6) is 0. The zero-order valence-corrected chi connectivity index (χ0v) is 13.2. The highest BCUT2D eigenvalue weighted by atomic mass is 35.5. The molecule has 1 heterocycles. The third-order valence-electron chi connectivity index (χ3n) is 4.10. The molecule has 0 unspecified atom stereocenters. The van der Waals surface area contributed by atoms with Crippen molar-refractivity contribution in [2.75, 3.05) is 11.4 Å². The second-order valence-electron chi connectivity index (χ2n) is 5.77. The van der Waals surface area contributed by atoms with Crippen LogP contribution in [-0.4, -0.2) is 11.7 Å². The maximum Gasteiger partial charge on any atom is 0.0762 e. The number of benzene rings is 2. The number of rotatable bonds is 2. The van der Waals surface area contributed by atoms with Gasteiger partial charge in [-0.1, -0.05) is 35.4 Å². The molecule has 3 heteroatoms. The Bertz CT molecular complexity index is 666. The number of aliphatic hydroxyl groups excluding tert-OH is 1. The molecule has 1 aliphatic heterocycles. The molecule has 2 nitrogen and oxygen atoms in total. The maximum absolute atomic E-state index is 9.67. The van der Waals surface area contributed by atoms with Gasteiger partial charge >= 0.3 is 0 Å². The number of hydrogen-bond donors (Lipinski definition) is 1. The first-order valence-corrected chi connectivity index (χ1v) is 7.78. The SMILES string of the molecule is Cc1ccc2c(c1)CCCN2c1ccc([C@@H](C)O)cc1Cl. The van der Waals surface area contributed by atoms with Gasteiger partial charge < -0.3 is 10.0 Å². The molecule has 0 spiro atoms. The first kappa shape index (κ1) is 14.4. The van der Waals surface area contributed by atoms with E-state index in [4.69, 9.17) is 11.6 Å². The van der Waals surface area contributed by atoms with Crippen LogP contribution in [0.4, 0.5) is 11.4 Å². The van der Waals surface area contributed by atoms with Gasteiger partial charge in [-0.2, -0.15) is 0 Å². The fourth-order valence-corrected chi connectivity index (χ4v) is 3.27. The summed E-state index contributed by atoms with van der Waals surface area (Å²) in [6, 6.07) is 12.4. The molecule has 0 aliphatic carbocycles. The average molecular weight is 302 g/mol. The van der Waals surface area contributed by atoms with Crippen LogP contribution in [0.15, 0.2) is 36.4 Å². The molecular formula is C18H20ClNO. The van der Waals surface area contributed by atoms with Crippen molar-refractivity contribution < 1.29 is 5.11 Å². The van der Waals surface area contributed by atoms with Gasteiger partial charge in [-0.3, -0.25) is 0 Å². The summed E-state index contributed by atoms with van der Waals surface area (Å²) in [6.07, 6.45) is 1.76. The van der Waals surface area contributed by atoms with Gasteiger partial charge in [-0.15, -0.1) is 0 Å². The van der Waals surface area contributed by atoms with Gasteiger partial charge in [0.15, 0.2) is 0 Å². The molecule has 110 valence electrons. The van der Waals surface area contributed by atoms with Crippen LogP contribution in [0.1, 0.15) is 36.1 Å². The Morgan fingerprint density at radius 3 is 2.62 bits per heavy atom. The van der Waals surface area contributed by atoms with Gasteiger partial charge in [0.2, 0.25) is 0 Å². The smallest absolute Gasteiger partial charge is 0.0762 e. The van der Waals surface area contributed by atoms with E-state index in [0.717, 1.165) is 30.6 Å². The number of fused-ring (bicyclic) bond motifs is 1. The maximum atomic E-state index is 9.67. The minimum Gasteiger partial charge on any atom is -0.389 e. The number of hydrogen-bond acceptors (Lipinski definition) is 2. The van der Waals surface area contributed by atoms with Crippen molar-refractivity contribution >= 4 is 23.0 Å². The van der Waals surface area contributed by atoms with Crippen molar-refractivity contribution in [3.05, 3.63) is 58.1 Å². The van der Waals surface area contributed by atoms with E-state index in [1.807, 2.05) is 18.2 Å². The van der Waals surface area contributed by atoms with Gasteiger partial charge in [-0.25, -0.2) is 0 Å². The molecule has 0 fully saturated rings. The van der Waals surface area contributed by atoms with Crippen LogP contribution in [0, 0.1) is 6.92 Å². The van der Waals surface area contributed by atoms with Crippen LogP contribution in [0.25, 0.3) is 0 Å². The zero-order valence-electron chi connectivity index (χ0n) is 12.4. The molecule has 2 aromatic carbocycles. The molecule has 0 radical (unpaired) electrons. The Morgan fingerprint density at radius 1 is 1.14 bits per heavy atom. The number of nitrogens with zero attached hydrogens (tertiary/aromatic N) is 1. The van der Waals surface area contributed by atoms with E-state index in [0.29, 0.717) is 5.02 Å². The summed E-state index contributed by atoms with van der Waals surface area (Å²) in [6.45, 7) is 4.86. The lowest BCUT2D eigenvalue weighted by atomic mass is 9.98. The molecule has 0 aromatic heterocycles. The Labute approximate surface area is 131 Å². The van der Waals surface area contributed by atoms with Crippen LogP contribution in [0.5, 0.6) is 0 Å². The van der Waals surface area contributed by atoms with Crippen molar-refractivity contribution in [2.24, 2.45) is 0 Å². The van der Waals surface area contributed by atoms with Crippen molar-refractivity contribution in [2.45, 2.75) is 32.8 Å². The Balaban J connectivity index is 2.03. The molecule has 0 bridgehead atoms. The highest BCUT2D eigenvalue weighted by Crippen LogP contribution is 2.38. The van der Waals surface area contributed by atoms with Crippen LogP contribution in [0.2, 0.25) is 5.02 Å². The summed E-state index contributed by atoms with van der Waals surface area (Å²) < 4.78 is 0. The lowest BCUT2D eigenvalue weighted by Crippen LogP contribution is -2.24. The summed E-state index contributed by atoms with van der Waals surface area (Å²) in [5, 5.41) is 10.4. The van der Waals surface area contributed by atoms with Crippen LogP contribution >= 0.6 is 11.6 Å². The van der Waals surface area contributed by atoms with E-state index < -0.39 is 6.10 Å². The third-order valence-corrected chi connectivity index (χ3v) is 4.40. The molecule has 1 aliphatic rings. The summed E-state index contributed by atoms with van der Waals surface area (Å²) in [7, 11) is 0. The standard InChI is InChI=1S/C18H20ClNO/c1-12-5-7-17-15(10-12)4-3-9-20(17)18-8-6-14(13(2)21)11-16(18)19/h5-8,10-11,13,21H,3-4,9H2,1-2H3/t13-/m1/s1. The van der Waals surface area contributed by atoms with E-state index in [1.54, 1.807) is 6.92 Å². The Morgan fingerprint density at radius 2 is 1.90 bits per heavy atom. The molecule has 21 heavy (non-hydrogen) atoms. The minimum absolute atomic E-state index is 0.493. The van der Waals surface area contributed by atoms with Crippen LogP contribution < -0.4 is 4.90 Å². The van der Waals surface area contributed by atoms with Crippen molar-refractivity contribution in [3.8, 4) is 0 Å². The average Bonchev–Trinajstić information content (AvgIpc) is 2.46. The van der Waals surface area contributed by atoms with Crippen LogP contribution in [0.3, 0.4) is 0 Å². The predicted molar refractivity (Wildman–Crippen MR) is 88.6 cm³/mol. The monoisotopic (exact) mass is 301 g/mol. The van der Waals surface area contributed by atoms with Gasteiger partial charge in [-0.05, 0) is 56.0 Å². The predicted octanol–water partition coefficient (Wildman–Crippen LogP) is 4.79. The molecule has 0 amide bonds. The van der Waals surface area contributed by atoms with Crippen molar-refractivity contribution in [1.82, 2.24) is 0 Å². The number of halogens is 1. The van der Waals surface area contributed by atoms with E-state index >= 15 is 0 Å². The second-order valence-corrected chi connectivity index (χ2v) is 6.18. The molecule has 0 saturated carbocycles. The fraction of sp³-hybridized carbons (Fsp3) is 0.333. The minimum atomic E-state index is -0.493. The summed E-state index contributed by atoms with van der Waals surface area (Å²) in [5.41, 5.74) is 5.80. The van der Waals surface area contributed by atoms with E-state index in [9.17, 15) is 5.11 Å². The summed E-state index contributed by atoms with van der Waals surface area (Å²) >= 11 is 6.45. The zero-order chi connectivity index (χ0) is 15.0. The quantitative estimate of drug-likeness (QED) is 0.862. The molecule has 1 N–H and O–H groups in total. The molecule has 3 rings (SSSR count). The second kappa shape index (κ2) is 5.70. The van der Waals surface area contributed by atoms with E-state index in [2.05, 4.69) is 30.0 Å². The van der Waals surface area contributed by atoms with Crippen molar-refractivity contribution in [3.63, 3.8) is 0 Å². The fourth-order valence-electron chi connectivity index (χ4n) is 2.98. The van der Waals surface area contributed by atoms with Gasteiger partial charge in [0.1, 0.15) is 0 Å². The van der Waals surface area contributed by atoms with E-state index in [-0.39, 0.29) is 0 Å². The molecule has 2 aromatic rings. The third kappa shape index (κ3) is 2.78. The highest BCUT2D eigenvalue weighted by molar-refractivity contribution is 6.33. The van der Waals surface area contributed by atoms with Crippen molar-refractivity contribution in [1.29, 1.82) is 0 Å². The first-order chi connectivity index (χ1) is 10.1. The molecular weight excluding hydrogens is 282 g/mol. The largest absolute Gasteiger partial charge is 0.389 e. The number of aliphatic hydroxyl groups is 1. The highest BCUT2D eigenvalue weighted by Gasteiger charge is 2.20. The lowest BCUT2D eigenvalue weighted by molar-refractivity contribution is 0.199. The van der Waals surface area contributed by atoms with Gasteiger partial charge in [0.25, 0.3) is 0 Å². The normalized spacial score (nSPS) is 15.7. The Kier molecular flexibility index (Phi) is 3.92. The van der Waals surface area contributed by atoms with Gasteiger partial charge in [0, 0.05) is 12.2 Å². The lowest BCUT2D eigenvalue weighted by Gasteiger charge is -2.32. The molecule has 1 atom stereocenters. The van der Waals surface area contributed by atoms with Crippen LogP contribution in [-0.2, 0) is 6.42 Å². The molecule has 0 saturated heterocycles. The topological polar surface area (TPSA) is 23.5 Å². The first-order valence-electron chi connectivity index (χ1n) is 7.41. The van der Waals surface area contributed by atoms with Gasteiger partial charge in [0.05, 0.1) is 16.8 Å². The number of anilines is 2. The van der Waals surface area contributed by atoms with E-state index in [1.165, 1.54) is 16.8 Å². The Hall–Kier alpha value is -1.51.